The summed E-state index contributed by atoms with van der Waals surface area (Å²) in [7, 11) is 3.60. The Morgan fingerprint density at radius 2 is 2.12 bits per heavy atom. The van der Waals surface area contributed by atoms with Crippen molar-refractivity contribution < 1.29 is 4.74 Å². The van der Waals surface area contributed by atoms with E-state index in [2.05, 4.69) is 0 Å². The van der Waals surface area contributed by atoms with Gasteiger partial charge in [0.2, 0.25) is 0 Å². The molecule has 0 saturated heterocycles. The van der Waals surface area contributed by atoms with Crippen LogP contribution in [0.1, 0.15) is 5.56 Å². The summed E-state index contributed by atoms with van der Waals surface area (Å²) in [5.74, 6) is 0.820. The number of aryl methyl sites for hydroxylation is 1. The molecule has 0 amide bonds. The number of likely N-dealkylation sites (N-methyl/N-ethyl adjacent to an activating group) is 1. The molecule has 1 rings (SSSR count). The number of hydrogen-bond donors (Lipinski definition) is 2. The zero-order valence-corrected chi connectivity index (χ0v) is 11.3. The Bertz CT molecular complexity index is 384. The van der Waals surface area contributed by atoms with E-state index in [0.717, 1.165) is 17.0 Å². The normalized spacial score (nSPS) is 12.4. The molecule has 0 saturated carbocycles. The summed E-state index contributed by atoms with van der Waals surface area (Å²) in [6.07, 6.45) is 0. The van der Waals surface area contributed by atoms with Gasteiger partial charge in [-0.15, -0.1) is 0 Å². The Kier molecular flexibility index (Phi) is 5.05. The predicted molar refractivity (Wildman–Crippen MR) is 73.0 cm³/mol. The van der Waals surface area contributed by atoms with Gasteiger partial charge in [-0.1, -0.05) is 11.6 Å². The first-order valence-electron chi connectivity index (χ1n) is 5.50. The molecule has 0 spiro atoms. The molecule has 0 heterocycles. The molecule has 1 aromatic carbocycles. The smallest absolute Gasteiger partial charge is 0.145 e. The molecular formula is C12H20ClN3O. The van der Waals surface area contributed by atoms with Gasteiger partial charge in [0, 0.05) is 31.2 Å². The molecule has 4 N–H and O–H groups in total. The van der Waals surface area contributed by atoms with Crippen LogP contribution in [0.5, 0.6) is 5.75 Å². The monoisotopic (exact) mass is 257 g/mol. The van der Waals surface area contributed by atoms with Crippen LogP contribution in [-0.4, -0.2) is 33.3 Å². The third-order valence-corrected chi connectivity index (χ3v) is 2.86. The summed E-state index contributed by atoms with van der Waals surface area (Å²) in [4.78, 5) is 2.01. The second-order valence-corrected chi connectivity index (χ2v) is 4.59. The molecule has 1 unspecified atom stereocenters. The van der Waals surface area contributed by atoms with Crippen molar-refractivity contribution in [1.29, 1.82) is 0 Å². The van der Waals surface area contributed by atoms with Crippen LogP contribution in [0.2, 0.25) is 5.02 Å². The molecule has 0 bridgehead atoms. The highest BCUT2D eigenvalue weighted by molar-refractivity contribution is 6.31. The molecule has 0 aliphatic carbocycles. The first kappa shape index (κ1) is 14.1. The van der Waals surface area contributed by atoms with Crippen LogP contribution in [0.3, 0.4) is 0 Å². The molecule has 0 aliphatic heterocycles. The van der Waals surface area contributed by atoms with E-state index in [-0.39, 0.29) is 6.04 Å². The van der Waals surface area contributed by atoms with Gasteiger partial charge in [-0.25, -0.2) is 0 Å². The van der Waals surface area contributed by atoms with Crippen molar-refractivity contribution >= 4 is 17.3 Å². The van der Waals surface area contributed by atoms with Crippen molar-refractivity contribution in [2.75, 3.05) is 32.1 Å². The standard InChI is InChI=1S/C12H20ClN3O/c1-8-4-9(13)5-11(12(8)17-3)16(2)7-10(15)6-14/h4-5,10H,6-7,14-15H2,1-3H3. The molecule has 0 aliphatic rings. The van der Waals surface area contributed by atoms with Crippen molar-refractivity contribution in [1.82, 2.24) is 0 Å². The van der Waals surface area contributed by atoms with Gasteiger partial charge in [0.1, 0.15) is 5.75 Å². The lowest BCUT2D eigenvalue weighted by Crippen LogP contribution is -2.40. The van der Waals surface area contributed by atoms with Crippen LogP contribution in [0, 0.1) is 6.92 Å². The average Bonchev–Trinajstić information content (AvgIpc) is 2.27. The number of rotatable bonds is 5. The highest BCUT2D eigenvalue weighted by Gasteiger charge is 2.14. The van der Waals surface area contributed by atoms with E-state index >= 15 is 0 Å². The molecule has 0 radical (unpaired) electrons. The largest absolute Gasteiger partial charge is 0.494 e. The van der Waals surface area contributed by atoms with Gasteiger partial charge in [0.15, 0.2) is 0 Å². The molecule has 4 nitrogen and oxygen atoms in total. The van der Waals surface area contributed by atoms with Crippen molar-refractivity contribution in [3.05, 3.63) is 22.7 Å². The molecule has 96 valence electrons. The zero-order chi connectivity index (χ0) is 13.0. The second kappa shape index (κ2) is 6.10. The predicted octanol–water partition coefficient (Wildman–Crippen LogP) is 1.38. The minimum absolute atomic E-state index is 0.0657. The lowest BCUT2D eigenvalue weighted by Gasteiger charge is -2.25. The highest BCUT2D eigenvalue weighted by Crippen LogP contribution is 2.34. The van der Waals surface area contributed by atoms with Crippen molar-refractivity contribution in [3.8, 4) is 5.75 Å². The Morgan fingerprint density at radius 1 is 1.47 bits per heavy atom. The topological polar surface area (TPSA) is 64.5 Å². The fourth-order valence-corrected chi connectivity index (χ4v) is 2.05. The van der Waals surface area contributed by atoms with Crippen LogP contribution in [-0.2, 0) is 0 Å². The van der Waals surface area contributed by atoms with Gasteiger partial charge in [0.05, 0.1) is 12.8 Å². The van der Waals surface area contributed by atoms with E-state index < -0.39 is 0 Å². The zero-order valence-electron chi connectivity index (χ0n) is 10.5. The van der Waals surface area contributed by atoms with Crippen LogP contribution in [0.25, 0.3) is 0 Å². The number of anilines is 1. The highest BCUT2D eigenvalue weighted by atomic mass is 35.5. The SMILES string of the molecule is COc1c(C)cc(Cl)cc1N(C)CC(N)CN. The molecule has 0 fully saturated rings. The maximum atomic E-state index is 6.06. The first-order chi connectivity index (χ1) is 7.99. The lowest BCUT2D eigenvalue weighted by atomic mass is 10.1. The minimum atomic E-state index is -0.0657. The summed E-state index contributed by atoms with van der Waals surface area (Å²) in [6.45, 7) is 3.07. The fraction of sp³-hybridized carbons (Fsp3) is 0.500. The minimum Gasteiger partial charge on any atom is -0.494 e. The number of hydrogen-bond acceptors (Lipinski definition) is 4. The van der Waals surface area contributed by atoms with Crippen LogP contribution in [0.4, 0.5) is 5.69 Å². The number of benzene rings is 1. The van der Waals surface area contributed by atoms with Crippen molar-refractivity contribution in [2.24, 2.45) is 11.5 Å². The number of ether oxygens (including phenoxy) is 1. The van der Waals surface area contributed by atoms with E-state index in [1.54, 1.807) is 7.11 Å². The molecule has 0 aromatic heterocycles. The fourth-order valence-electron chi connectivity index (χ4n) is 1.79. The van der Waals surface area contributed by atoms with E-state index in [4.69, 9.17) is 27.8 Å². The van der Waals surface area contributed by atoms with Gasteiger partial charge in [-0.05, 0) is 24.6 Å². The maximum absolute atomic E-state index is 6.06. The quantitative estimate of drug-likeness (QED) is 0.837. The van der Waals surface area contributed by atoms with Gasteiger partial charge in [-0.3, -0.25) is 0 Å². The molecule has 17 heavy (non-hydrogen) atoms. The summed E-state index contributed by atoms with van der Waals surface area (Å²) < 4.78 is 5.40. The molecular weight excluding hydrogens is 238 g/mol. The first-order valence-corrected chi connectivity index (χ1v) is 5.88. The average molecular weight is 258 g/mol. The number of nitrogens with two attached hydrogens (primary N) is 2. The summed E-state index contributed by atoms with van der Waals surface area (Å²) in [5.41, 5.74) is 13.3. The third-order valence-electron chi connectivity index (χ3n) is 2.65. The Morgan fingerprint density at radius 3 is 2.65 bits per heavy atom. The van der Waals surface area contributed by atoms with Crippen LogP contribution in [0.15, 0.2) is 12.1 Å². The van der Waals surface area contributed by atoms with Crippen LogP contribution >= 0.6 is 11.6 Å². The van der Waals surface area contributed by atoms with E-state index in [1.807, 2.05) is 31.0 Å². The lowest BCUT2D eigenvalue weighted by molar-refractivity contribution is 0.411. The summed E-state index contributed by atoms with van der Waals surface area (Å²) >= 11 is 6.06. The second-order valence-electron chi connectivity index (χ2n) is 4.15. The van der Waals surface area contributed by atoms with E-state index in [0.29, 0.717) is 18.1 Å². The molecule has 5 heteroatoms. The van der Waals surface area contributed by atoms with Gasteiger partial charge < -0.3 is 21.1 Å². The van der Waals surface area contributed by atoms with Gasteiger partial charge in [-0.2, -0.15) is 0 Å². The van der Waals surface area contributed by atoms with Gasteiger partial charge >= 0.3 is 0 Å². The Labute approximate surface area is 107 Å². The Balaban J connectivity index is 3.02. The van der Waals surface area contributed by atoms with E-state index in [1.165, 1.54) is 0 Å². The van der Waals surface area contributed by atoms with Crippen LogP contribution < -0.4 is 21.1 Å². The summed E-state index contributed by atoms with van der Waals surface area (Å²) in [5, 5.41) is 0.687. The third kappa shape index (κ3) is 3.49. The molecule has 1 atom stereocenters. The summed E-state index contributed by atoms with van der Waals surface area (Å²) in [6, 6.07) is 3.68. The maximum Gasteiger partial charge on any atom is 0.145 e. The van der Waals surface area contributed by atoms with Crippen molar-refractivity contribution in [2.45, 2.75) is 13.0 Å². The van der Waals surface area contributed by atoms with E-state index in [9.17, 15) is 0 Å². The van der Waals surface area contributed by atoms with Crippen molar-refractivity contribution in [3.63, 3.8) is 0 Å². The van der Waals surface area contributed by atoms with Gasteiger partial charge in [0.25, 0.3) is 0 Å². The number of halogens is 1. The molecule has 1 aromatic rings. The number of methoxy groups -OCH3 is 1. The Hall–Kier alpha value is -0.970. The number of nitrogens with zero attached hydrogens (tertiary/aromatic N) is 1.